The zero-order chi connectivity index (χ0) is 23.3. The SMILES string of the molecule is COC(=O)c1cnc(N[C@H]2CC[C@@H](Nc3cc(N4CCOCC4)cc4nccnc34)CC2)cn1. The summed E-state index contributed by atoms with van der Waals surface area (Å²) in [6.45, 7) is 3.25. The molecule has 178 valence electrons. The number of benzene rings is 1. The number of esters is 1. The fourth-order valence-electron chi connectivity index (χ4n) is 4.60. The van der Waals surface area contributed by atoms with Gasteiger partial charge in [0.25, 0.3) is 0 Å². The van der Waals surface area contributed by atoms with Crippen LogP contribution in [0.1, 0.15) is 36.2 Å². The summed E-state index contributed by atoms with van der Waals surface area (Å²) in [6, 6.07) is 4.99. The van der Waals surface area contributed by atoms with Gasteiger partial charge in [0.2, 0.25) is 0 Å². The Balaban J connectivity index is 1.23. The van der Waals surface area contributed by atoms with Gasteiger partial charge in [-0.3, -0.25) is 9.97 Å². The largest absolute Gasteiger partial charge is 0.464 e. The van der Waals surface area contributed by atoms with Crippen molar-refractivity contribution in [3.05, 3.63) is 42.6 Å². The highest BCUT2D eigenvalue weighted by atomic mass is 16.5. The third-order valence-corrected chi connectivity index (χ3v) is 6.42. The van der Waals surface area contributed by atoms with Gasteiger partial charge in [0, 0.05) is 43.3 Å². The topological polar surface area (TPSA) is 114 Å². The van der Waals surface area contributed by atoms with Crippen LogP contribution >= 0.6 is 0 Å². The number of nitrogens with one attached hydrogen (secondary N) is 2. The molecule has 2 fully saturated rings. The number of aromatic nitrogens is 4. The van der Waals surface area contributed by atoms with Crippen LogP contribution in [-0.4, -0.2) is 71.4 Å². The number of hydrogen-bond donors (Lipinski definition) is 2. The first kappa shape index (κ1) is 22.3. The lowest BCUT2D eigenvalue weighted by atomic mass is 9.91. The van der Waals surface area contributed by atoms with E-state index in [9.17, 15) is 4.79 Å². The second kappa shape index (κ2) is 10.2. The van der Waals surface area contributed by atoms with Gasteiger partial charge in [-0.15, -0.1) is 0 Å². The van der Waals surface area contributed by atoms with E-state index in [0.29, 0.717) is 17.9 Å². The van der Waals surface area contributed by atoms with Crippen molar-refractivity contribution in [3.63, 3.8) is 0 Å². The summed E-state index contributed by atoms with van der Waals surface area (Å²) in [4.78, 5) is 31.5. The van der Waals surface area contributed by atoms with Gasteiger partial charge < -0.3 is 25.0 Å². The standard InChI is InChI=1S/C24H29N7O3/c1-33-24(32)21-14-28-22(15-27-21)30-17-4-2-16(3-5-17)29-20-13-18(31-8-10-34-11-9-31)12-19-23(20)26-7-6-25-19/h6-7,12-17,29H,2-5,8-11H2,1H3,(H,28,30)/t16-,17+. The van der Waals surface area contributed by atoms with Gasteiger partial charge in [0.05, 0.1) is 43.9 Å². The van der Waals surface area contributed by atoms with E-state index < -0.39 is 5.97 Å². The van der Waals surface area contributed by atoms with Crippen molar-refractivity contribution in [2.24, 2.45) is 0 Å². The fourth-order valence-corrected chi connectivity index (χ4v) is 4.60. The van der Waals surface area contributed by atoms with Gasteiger partial charge in [-0.05, 0) is 37.8 Å². The number of fused-ring (bicyclic) bond motifs is 1. The number of methoxy groups -OCH3 is 1. The van der Waals surface area contributed by atoms with Crippen molar-refractivity contribution in [2.75, 3.05) is 48.9 Å². The molecule has 0 spiro atoms. The molecule has 10 heteroatoms. The van der Waals surface area contributed by atoms with Gasteiger partial charge in [0.15, 0.2) is 5.69 Å². The van der Waals surface area contributed by atoms with E-state index in [4.69, 9.17) is 4.74 Å². The molecule has 2 aliphatic rings. The number of morpholine rings is 1. The summed E-state index contributed by atoms with van der Waals surface area (Å²) in [5.41, 5.74) is 4.20. The third kappa shape index (κ3) is 5.01. The van der Waals surface area contributed by atoms with E-state index in [0.717, 1.165) is 74.4 Å². The third-order valence-electron chi connectivity index (χ3n) is 6.42. The van der Waals surface area contributed by atoms with Crippen molar-refractivity contribution >= 4 is 34.2 Å². The molecular weight excluding hydrogens is 434 g/mol. The molecule has 1 saturated heterocycles. The minimum Gasteiger partial charge on any atom is -0.464 e. The highest BCUT2D eigenvalue weighted by molar-refractivity contribution is 5.91. The minimum absolute atomic E-state index is 0.204. The molecule has 0 unspecified atom stereocenters. The molecule has 34 heavy (non-hydrogen) atoms. The van der Waals surface area contributed by atoms with E-state index in [2.05, 4.69) is 52.3 Å². The van der Waals surface area contributed by atoms with Crippen molar-refractivity contribution in [1.82, 2.24) is 19.9 Å². The van der Waals surface area contributed by atoms with Crippen molar-refractivity contribution in [2.45, 2.75) is 37.8 Å². The second-order valence-corrected chi connectivity index (χ2v) is 8.63. The summed E-state index contributed by atoms with van der Waals surface area (Å²) in [6.07, 6.45) is 10.6. The van der Waals surface area contributed by atoms with Crippen LogP contribution in [0.3, 0.4) is 0 Å². The van der Waals surface area contributed by atoms with Crippen LogP contribution < -0.4 is 15.5 Å². The maximum atomic E-state index is 11.5. The Morgan fingerprint density at radius 1 is 0.971 bits per heavy atom. The Kier molecular flexibility index (Phi) is 6.66. The summed E-state index contributed by atoms with van der Waals surface area (Å²) < 4.78 is 10.2. The molecule has 2 N–H and O–H groups in total. The number of anilines is 3. The van der Waals surface area contributed by atoms with E-state index in [-0.39, 0.29) is 5.69 Å². The quantitative estimate of drug-likeness (QED) is 0.529. The zero-order valence-corrected chi connectivity index (χ0v) is 19.2. The van der Waals surface area contributed by atoms with Gasteiger partial charge >= 0.3 is 5.97 Å². The van der Waals surface area contributed by atoms with E-state index in [1.807, 2.05) is 0 Å². The molecule has 3 aromatic rings. The average molecular weight is 464 g/mol. The number of hydrogen-bond acceptors (Lipinski definition) is 10. The normalized spacial score (nSPS) is 20.7. The highest BCUT2D eigenvalue weighted by Crippen LogP contribution is 2.31. The van der Waals surface area contributed by atoms with Crippen LogP contribution in [0, 0.1) is 0 Å². The molecule has 0 amide bonds. The Bertz CT molecular complexity index is 1130. The maximum absolute atomic E-state index is 11.5. The lowest BCUT2D eigenvalue weighted by Gasteiger charge is -2.32. The fraction of sp³-hybridized carbons (Fsp3) is 0.458. The number of carbonyl (C=O) groups excluding carboxylic acids is 1. The first-order valence-corrected chi connectivity index (χ1v) is 11.7. The Labute approximate surface area is 198 Å². The second-order valence-electron chi connectivity index (χ2n) is 8.63. The molecule has 1 aliphatic heterocycles. The Hall–Kier alpha value is -3.53. The first-order valence-electron chi connectivity index (χ1n) is 11.7. The Morgan fingerprint density at radius 3 is 2.41 bits per heavy atom. The number of rotatable bonds is 6. The van der Waals surface area contributed by atoms with Crippen LogP contribution in [0.4, 0.5) is 17.2 Å². The first-order chi connectivity index (χ1) is 16.7. The van der Waals surface area contributed by atoms with Crippen molar-refractivity contribution in [1.29, 1.82) is 0 Å². The molecule has 0 bridgehead atoms. The summed E-state index contributed by atoms with van der Waals surface area (Å²) >= 11 is 0. The number of ether oxygens (including phenoxy) is 2. The van der Waals surface area contributed by atoms with Crippen molar-refractivity contribution in [3.8, 4) is 0 Å². The van der Waals surface area contributed by atoms with Crippen LogP contribution in [0.2, 0.25) is 0 Å². The summed E-state index contributed by atoms with van der Waals surface area (Å²) in [7, 11) is 1.33. The molecule has 1 saturated carbocycles. The molecule has 1 aliphatic carbocycles. The summed E-state index contributed by atoms with van der Waals surface area (Å²) in [5, 5.41) is 7.18. The molecule has 10 nitrogen and oxygen atoms in total. The van der Waals surface area contributed by atoms with Crippen LogP contribution in [0.15, 0.2) is 36.9 Å². The maximum Gasteiger partial charge on any atom is 0.358 e. The lowest BCUT2D eigenvalue weighted by molar-refractivity contribution is 0.0593. The van der Waals surface area contributed by atoms with Gasteiger partial charge in [0.1, 0.15) is 11.3 Å². The van der Waals surface area contributed by atoms with E-state index in [1.54, 1.807) is 18.6 Å². The predicted molar refractivity (Wildman–Crippen MR) is 129 cm³/mol. The smallest absolute Gasteiger partial charge is 0.358 e. The van der Waals surface area contributed by atoms with Crippen LogP contribution in [0.5, 0.6) is 0 Å². The van der Waals surface area contributed by atoms with Gasteiger partial charge in [-0.2, -0.15) is 0 Å². The Morgan fingerprint density at radius 2 is 1.71 bits per heavy atom. The molecule has 0 atom stereocenters. The number of nitrogens with zero attached hydrogens (tertiary/aromatic N) is 5. The zero-order valence-electron chi connectivity index (χ0n) is 19.2. The van der Waals surface area contributed by atoms with E-state index in [1.165, 1.54) is 13.3 Å². The van der Waals surface area contributed by atoms with Crippen molar-refractivity contribution < 1.29 is 14.3 Å². The molecule has 2 aromatic heterocycles. The lowest BCUT2D eigenvalue weighted by Crippen LogP contribution is -2.36. The molecule has 0 radical (unpaired) electrons. The number of carbonyl (C=O) groups is 1. The molecule has 5 rings (SSSR count). The molecular formula is C24H29N7O3. The van der Waals surface area contributed by atoms with E-state index >= 15 is 0 Å². The van der Waals surface area contributed by atoms with Gasteiger partial charge in [-0.1, -0.05) is 0 Å². The van der Waals surface area contributed by atoms with Gasteiger partial charge in [-0.25, -0.2) is 14.8 Å². The van der Waals surface area contributed by atoms with Crippen LogP contribution in [0.25, 0.3) is 11.0 Å². The average Bonchev–Trinajstić information content (AvgIpc) is 2.90. The minimum atomic E-state index is -0.486. The molecule has 3 heterocycles. The molecule has 1 aromatic carbocycles. The predicted octanol–water partition coefficient (Wildman–Crippen LogP) is 2.88. The highest BCUT2D eigenvalue weighted by Gasteiger charge is 2.23. The van der Waals surface area contributed by atoms with Crippen LogP contribution in [-0.2, 0) is 9.47 Å². The monoisotopic (exact) mass is 463 g/mol. The summed E-state index contributed by atoms with van der Waals surface area (Å²) in [5.74, 6) is 0.184.